The number of anilines is 2. The largest absolute Gasteiger partial charge is 0.326 e. The lowest BCUT2D eigenvalue weighted by Gasteiger charge is -2.13. The maximum Gasteiger partial charge on any atom is 0.229 e. The Bertz CT molecular complexity index is 719. The lowest BCUT2D eigenvalue weighted by molar-refractivity contribution is -0.119. The summed E-state index contributed by atoms with van der Waals surface area (Å²) in [6, 6.07) is 9.55. The summed E-state index contributed by atoms with van der Waals surface area (Å²) >= 11 is 1.57. The van der Waals surface area contributed by atoms with E-state index in [0.29, 0.717) is 6.42 Å². The Balaban J connectivity index is 1.64. The predicted octanol–water partition coefficient (Wildman–Crippen LogP) is 4.37. The molecule has 4 nitrogen and oxygen atoms in total. The smallest absolute Gasteiger partial charge is 0.229 e. The molecule has 5 heteroatoms. The zero-order valence-electron chi connectivity index (χ0n) is 13.8. The van der Waals surface area contributed by atoms with Gasteiger partial charge < -0.3 is 10.6 Å². The van der Waals surface area contributed by atoms with E-state index in [1.54, 1.807) is 11.3 Å². The van der Waals surface area contributed by atoms with Gasteiger partial charge in [0.2, 0.25) is 11.8 Å². The molecule has 1 aromatic heterocycles. The van der Waals surface area contributed by atoms with Gasteiger partial charge in [0.25, 0.3) is 0 Å². The fraction of sp³-hybridized carbons (Fsp3) is 0.368. The molecule has 1 aromatic carbocycles. The number of carbonyl (C=O) groups is 2. The summed E-state index contributed by atoms with van der Waals surface area (Å²) in [6.45, 7) is 1.95. The van der Waals surface area contributed by atoms with Crippen LogP contribution in [0.4, 0.5) is 11.4 Å². The van der Waals surface area contributed by atoms with Crippen LogP contribution in [0, 0.1) is 12.8 Å². The van der Waals surface area contributed by atoms with Crippen LogP contribution in [0.1, 0.15) is 36.1 Å². The Hall–Kier alpha value is -2.14. The molecule has 0 spiro atoms. The van der Waals surface area contributed by atoms with E-state index in [1.165, 1.54) is 0 Å². The quantitative estimate of drug-likeness (QED) is 0.848. The molecule has 0 radical (unpaired) electrons. The van der Waals surface area contributed by atoms with Crippen LogP contribution in [0.5, 0.6) is 0 Å². The van der Waals surface area contributed by atoms with Gasteiger partial charge in [0.1, 0.15) is 0 Å². The molecule has 2 aromatic rings. The fourth-order valence-corrected chi connectivity index (χ4v) is 3.74. The third kappa shape index (κ3) is 4.23. The zero-order valence-corrected chi connectivity index (χ0v) is 14.6. The van der Waals surface area contributed by atoms with Crippen LogP contribution in [-0.4, -0.2) is 11.8 Å². The molecule has 0 bridgehead atoms. The van der Waals surface area contributed by atoms with Crippen molar-refractivity contribution in [2.24, 2.45) is 5.92 Å². The van der Waals surface area contributed by atoms with Crippen LogP contribution >= 0.6 is 11.3 Å². The highest BCUT2D eigenvalue weighted by Gasteiger charge is 2.22. The Morgan fingerprint density at radius 3 is 2.67 bits per heavy atom. The molecule has 1 saturated carbocycles. The van der Waals surface area contributed by atoms with Gasteiger partial charge >= 0.3 is 0 Å². The summed E-state index contributed by atoms with van der Waals surface area (Å²) in [5.41, 5.74) is 2.47. The molecule has 24 heavy (non-hydrogen) atoms. The standard InChI is InChI=1S/C19H22N2O2S/c1-13-8-9-15(20-19(23)14-5-2-3-6-14)11-17(13)21-18(22)12-16-7-4-10-24-16/h4,7-11,14H,2-3,5-6,12H2,1H3,(H,20,23)(H,21,22). The molecule has 2 N–H and O–H groups in total. The number of hydrogen-bond acceptors (Lipinski definition) is 3. The van der Waals surface area contributed by atoms with Crippen molar-refractivity contribution in [3.63, 3.8) is 0 Å². The van der Waals surface area contributed by atoms with Crippen LogP contribution in [0.15, 0.2) is 35.7 Å². The van der Waals surface area contributed by atoms with Crippen molar-refractivity contribution in [2.75, 3.05) is 10.6 Å². The number of aryl methyl sites for hydroxylation is 1. The SMILES string of the molecule is Cc1ccc(NC(=O)C2CCCC2)cc1NC(=O)Cc1cccs1. The summed E-state index contributed by atoms with van der Waals surface area (Å²) in [5.74, 6) is 0.176. The molecule has 1 heterocycles. The number of amides is 2. The number of carbonyl (C=O) groups excluding carboxylic acids is 2. The van der Waals surface area contributed by atoms with Gasteiger partial charge in [-0.3, -0.25) is 9.59 Å². The van der Waals surface area contributed by atoms with Crippen molar-refractivity contribution in [1.82, 2.24) is 0 Å². The van der Waals surface area contributed by atoms with Crippen molar-refractivity contribution in [3.05, 3.63) is 46.2 Å². The van der Waals surface area contributed by atoms with E-state index >= 15 is 0 Å². The molecule has 2 amide bonds. The molecule has 0 atom stereocenters. The summed E-state index contributed by atoms with van der Waals surface area (Å²) in [7, 11) is 0. The van der Waals surface area contributed by atoms with Gasteiger partial charge in [-0.25, -0.2) is 0 Å². The normalized spacial score (nSPS) is 14.5. The molecule has 1 aliphatic rings. The monoisotopic (exact) mass is 342 g/mol. The number of rotatable bonds is 5. The molecular weight excluding hydrogens is 320 g/mol. The first-order valence-electron chi connectivity index (χ1n) is 8.35. The predicted molar refractivity (Wildman–Crippen MR) is 98.4 cm³/mol. The molecule has 0 aliphatic heterocycles. The second-order valence-electron chi connectivity index (χ2n) is 6.30. The van der Waals surface area contributed by atoms with Crippen molar-refractivity contribution in [1.29, 1.82) is 0 Å². The number of thiophene rings is 1. The molecule has 3 rings (SSSR count). The summed E-state index contributed by atoms with van der Waals surface area (Å²) < 4.78 is 0. The molecular formula is C19H22N2O2S. The lowest BCUT2D eigenvalue weighted by Crippen LogP contribution is -2.20. The van der Waals surface area contributed by atoms with E-state index in [4.69, 9.17) is 0 Å². The average Bonchev–Trinajstić information content (AvgIpc) is 3.23. The van der Waals surface area contributed by atoms with Gasteiger partial charge in [-0.2, -0.15) is 0 Å². The third-order valence-electron chi connectivity index (χ3n) is 4.42. The van der Waals surface area contributed by atoms with E-state index in [1.807, 2.05) is 42.6 Å². The van der Waals surface area contributed by atoms with Crippen molar-refractivity contribution in [2.45, 2.75) is 39.0 Å². The Labute approximate surface area is 146 Å². The second-order valence-corrected chi connectivity index (χ2v) is 7.34. The fourth-order valence-electron chi connectivity index (χ4n) is 3.03. The number of nitrogens with one attached hydrogen (secondary N) is 2. The summed E-state index contributed by atoms with van der Waals surface area (Å²) in [6.07, 6.45) is 4.59. The minimum Gasteiger partial charge on any atom is -0.326 e. The minimum absolute atomic E-state index is 0.0418. The van der Waals surface area contributed by atoms with Crippen molar-refractivity contribution in [3.8, 4) is 0 Å². The molecule has 1 aliphatic carbocycles. The van der Waals surface area contributed by atoms with E-state index in [0.717, 1.165) is 47.5 Å². The van der Waals surface area contributed by atoms with Gasteiger partial charge in [0, 0.05) is 22.2 Å². The first-order chi connectivity index (χ1) is 11.6. The van der Waals surface area contributed by atoms with Crippen LogP contribution in [-0.2, 0) is 16.0 Å². The highest BCUT2D eigenvalue weighted by atomic mass is 32.1. The van der Waals surface area contributed by atoms with Crippen molar-refractivity contribution >= 4 is 34.5 Å². The summed E-state index contributed by atoms with van der Waals surface area (Å²) in [5, 5.41) is 7.90. The highest BCUT2D eigenvalue weighted by molar-refractivity contribution is 7.10. The maximum absolute atomic E-state index is 12.2. The lowest BCUT2D eigenvalue weighted by atomic mass is 10.1. The molecule has 126 valence electrons. The van der Waals surface area contributed by atoms with Crippen molar-refractivity contribution < 1.29 is 9.59 Å². The number of benzene rings is 1. The Kier molecular flexibility index (Phi) is 5.30. The van der Waals surface area contributed by atoms with E-state index in [9.17, 15) is 9.59 Å². The van der Waals surface area contributed by atoms with Crippen LogP contribution in [0.3, 0.4) is 0 Å². The average molecular weight is 342 g/mol. The zero-order chi connectivity index (χ0) is 16.9. The van der Waals surface area contributed by atoms with Crippen LogP contribution in [0.25, 0.3) is 0 Å². The van der Waals surface area contributed by atoms with Gasteiger partial charge in [-0.05, 0) is 48.9 Å². The summed E-state index contributed by atoms with van der Waals surface area (Å²) in [4.78, 5) is 25.5. The Morgan fingerprint density at radius 1 is 1.17 bits per heavy atom. The third-order valence-corrected chi connectivity index (χ3v) is 5.30. The van der Waals surface area contributed by atoms with Crippen LogP contribution in [0.2, 0.25) is 0 Å². The molecule has 0 saturated heterocycles. The highest BCUT2D eigenvalue weighted by Crippen LogP contribution is 2.27. The molecule has 1 fully saturated rings. The minimum atomic E-state index is -0.0418. The van der Waals surface area contributed by atoms with Gasteiger partial charge in [-0.1, -0.05) is 25.0 Å². The first-order valence-corrected chi connectivity index (χ1v) is 9.23. The van der Waals surface area contributed by atoms with E-state index in [2.05, 4.69) is 10.6 Å². The number of hydrogen-bond donors (Lipinski definition) is 2. The topological polar surface area (TPSA) is 58.2 Å². The van der Waals surface area contributed by atoms with Crippen LogP contribution < -0.4 is 10.6 Å². The van der Waals surface area contributed by atoms with Gasteiger partial charge in [-0.15, -0.1) is 11.3 Å². The van der Waals surface area contributed by atoms with Gasteiger partial charge in [0.05, 0.1) is 6.42 Å². The van der Waals surface area contributed by atoms with E-state index in [-0.39, 0.29) is 17.7 Å². The maximum atomic E-state index is 12.2. The Morgan fingerprint density at radius 2 is 1.96 bits per heavy atom. The van der Waals surface area contributed by atoms with Gasteiger partial charge in [0.15, 0.2) is 0 Å². The first kappa shape index (κ1) is 16.7. The second kappa shape index (κ2) is 7.62. The van der Waals surface area contributed by atoms with E-state index < -0.39 is 0 Å². The molecule has 0 unspecified atom stereocenters.